The molecule has 0 unspecified atom stereocenters. The number of nitrogens with one attached hydrogen (secondary N) is 1. The summed E-state index contributed by atoms with van der Waals surface area (Å²) in [5.74, 6) is 0.849. The molecule has 2 heterocycles. The second-order valence-electron chi connectivity index (χ2n) is 7.31. The lowest BCUT2D eigenvalue weighted by atomic mass is 10.2. The van der Waals surface area contributed by atoms with E-state index in [2.05, 4.69) is 39.4 Å². The van der Waals surface area contributed by atoms with Gasteiger partial charge in [0.15, 0.2) is 11.5 Å². The number of ether oxygens (including phenoxy) is 2. The van der Waals surface area contributed by atoms with Crippen LogP contribution < -0.4 is 14.9 Å². The first-order valence-corrected chi connectivity index (χ1v) is 10.1. The van der Waals surface area contributed by atoms with Crippen LogP contribution in [0.2, 0.25) is 0 Å². The van der Waals surface area contributed by atoms with Crippen molar-refractivity contribution in [2.24, 2.45) is 5.10 Å². The van der Waals surface area contributed by atoms with E-state index in [-0.39, 0.29) is 12.5 Å². The molecule has 1 aromatic heterocycles. The molecule has 0 fully saturated rings. The van der Waals surface area contributed by atoms with E-state index in [0.29, 0.717) is 11.5 Å². The quantitative estimate of drug-likeness (QED) is 0.399. The maximum absolute atomic E-state index is 12.5. The first-order valence-electron chi connectivity index (χ1n) is 10.1. The Morgan fingerprint density at radius 1 is 1.00 bits per heavy atom. The van der Waals surface area contributed by atoms with Crippen molar-refractivity contribution >= 4 is 23.0 Å². The molecule has 0 radical (unpaired) electrons. The van der Waals surface area contributed by atoms with Crippen LogP contribution in [0.1, 0.15) is 11.1 Å². The monoisotopic (exact) mass is 411 g/mol. The third-order valence-corrected chi connectivity index (χ3v) is 5.19. The van der Waals surface area contributed by atoms with E-state index in [9.17, 15) is 4.79 Å². The Balaban J connectivity index is 1.31. The van der Waals surface area contributed by atoms with Crippen molar-refractivity contribution in [2.45, 2.75) is 12.6 Å². The highest BCUT2D eigenvalue weighted by atomic mass is 16.6. The van der Waals surface area contributed by atoms with Crippen molar-refractivity contribution < 1.29 is 14.3 Å². The zero-order valence-electron chi connectivity index (χ0n) is 16.8. The van der Waals surface area contributed by atoms with Gasteiger partial charge >= 0.3 is 0 Å². The lowest BCUT2D eigenvalue weighted by molar-refractivity contribution is -0.130. The maximum Gasteiger partial charge on any atom is 0.284 e. The number of carbonyl (C=O) groups excluding carboxylic acids is 1. The first-order chi connectivity index (χ1) is 15.3. The van der Waals surface area contributed by atoms with Gasteiger partial charge in [0.1, 0.15) is 6.61 Å². The van der Waals surface area contributed by atoms with Crippen molar-refractivity contribution in [3.63, 3.8) is 0 Å². The molecule has 0 saturated carbocycles. The van der Waals surface area contributed by atoms with Crippen molar-refractivity contribution in [3.8, 4) is 11.5 Å². The molecule has 3 aromatic carbocycles. The molecule has 1 aliphatic heterocycles. The Labute approximate surface area is 179 Å². The largest absolute Gasteiger partial charge is 0.485 e. The van der Waals surface area contributed by atoms with Gasteiger partial charge in [0.25, 0.3) is 5.91 Å². The van der Waals surface area contributed by atoms with Crippen LogP contribution in [0, 0.1) is 0 Å². The summed E-state index contributed by atoms with van der Waals surface area (Å²) >= 11 is 0. The number of fused-ring (bicyclic) bond motifs is 2. The minimum Gasteiger partial charge on any atom is -0.485 e. The standard InChI is InChI=1S/C25H21N3O3/c29-25(24-17-30-22-12-6-7-13-23(22)31-24)27-26-14-19-16-28(15-18-8-2-1-3-9-18)21-11-5-4-10-20(19)21/h1-14,16,24H,15,17H2,(H,27,29)/t24-/m1/s1. The molecule has 4 aromatic rings. The SMILES string of the molecule is O=C(NN=Cc1cn(Cc2ccccc2)c2ccccc12)[C@H]1COc2ccccc2O1. The van der Waals surface area contributed by atoms with Crippen LogP contribution in [0.4, 0.5) is 0 Å². The number of aromatic nitrogens is 1. The van der Waals surface area contributed by atoms with E-state index in [1.807, 2.05) is 54.7 Å². The van der Waals surface area contributed by atoms with E-state index in [4.69, 9.17) is 9.47 Å². The molecule has 1 amide bonds. The van der Waals surface area contributed by atoms with Gasteiger partial charge in [-0.15, -0.1) is 0 Å². The molecule has 0 saturated heterocycles. The van der Waals surface area contributed by atoms with Gasteiger partial charge in [-0.05, 0) is 23.8 Å². The average molecular weight is 411 g/mol. The van der Waals surface area contributed by atoms with E-state index in [0.717, 1.165) is 23.0 Å². The minimum absolute atomic E-state index is 0.148. The Hall–Kier alpha value is -4.06. The predicted molar refractivity (Wildman–Crippen MR) is 120 cm³/mol. The van der Waals surface area contributed by atoms with Gasteiger partial charge in [-0.3, -0.25) is 4.79 Å². The van der Waals surface area contributed by atoms with Gasteiger partial charge in [-0.1, -0.05) is 60.7 Å². The Kier molecular flexibility index (Phi) is 5.10. The number of hydrazone groups is 1. The van der Waals surface area contributed by atoms with Crippen LogP contribution in [-0.2, 0) is 11.3 Å². The summed E-state index contributed by atoms with van der Waals surface area (Å²) in [5, 5.41) is 5.24. The van der Waals surface area contributed by atoms with Crippen molar-refractivity contribution in [3.05, 3.63) is 96.2 Å². The Bertz CT molecular complexity index is 1250. The molecule has 0 aliphatic carbocycles. The van der Waals surface area contributed by atoms with Gasteiger partial charge in [0.2, 0.25) is 6.10 Å². The van der Waals surface area contributed by atoms with Gasteiger partial charge in [0, 0.05) is 29.2 Å². The molecule has 5 rings (SSSR count). The first kappa shape index (κ1) is 18.9. The highest BCUT2D eigenvalue weighted by Gasteiger charge is 2.27. The average Bonchev–Trinajstić information content (AvgIpc) is 3.17. The molecule has 31 heavy (non-hydrogen) atoms. The number of hydrogen-bond acceptors (Lipinski definition) is 4. The van der Waals surface area contributed by atoms with E-state index in [1.165, 1.54) is 5.56 Å². The van der Waals surface area contributed by atoms with Crippen molar-refractivity contribution in [1.29, 1.82) is 0 Å². The van der Waals surface area contributed by atoms with E-state index in [1.54, 1.807) is 12.3 Å². The predicted octanol–water partition coefficient (Wildman–Crippen LogP) is 3.98. The summed E-state index contributed by atoms with van der Waals surface area (Å²) < 4.78 is 13.5. The fourth-order valence-electron chi connectivity index (χ4n) is 3.68. The Morgan fingerprint density at radius 2 is 1.74 bits per heavy atom. The summed E-state index contributed by atoms with van der Waals surface area (Å²) in [6.45, 7) is 0.906. The van der Waals surface area contributed by atoms with Crippen molar-refractivity contribution in [2.75, 3.05) is 6.61 Å². The molecule has 6 heteroatoms. The molecule has 0 spiro atoms. The maximum atomic E-state index is 12.5. The van der Waals surface area contributed by atoms with Crippen LogP contribution in [0.15, 0.2) is 90.2 Å². The highest BCUT2D eigenvalue weighted by molar-refractivity contribution is 5.99. The topological polar surface area (TPSA) is 64.9 Å². The molecule has 1 atom stereocenters. The summed E-state index contributed by atoms with van der Waals surface area (Å²) in [6.07, 6.45) is 2.97. The summed E-state index contributed by atoms with van der Waals surface area (Å²) in [5.41, 5.74) is 5.83. The van der Waals surface area contributed by atoms with Gasteiger partial charge in [-0.25, -0.2) is 5.43 Å². The fourth-order valence-corrected chi connectivity index (χ4v) is 3.68. The molecule has 0 bridgehead atoms. The van der Waals surface area contributed by atoms with Crippen LogP contribution >= 0.6 is 0 Å². The van der Waals surface area contributed by atoms with Gasteiger partial charge in [-0.2, -0.15) is 5.10 Å². The molecule has 1 N–H and O–H groups in total. The third kappa shape index (κ3) is 4.00. The number of rotatable bonds is 5. The van der Waals surface area contributed by atoms with Crippen LogP contribution in [0.3, 0.4) is 0 Å². The van der Waals surface area contributed by atoms with Crippen LogP contribution in [0.5, 0.6) is 11.5 Å². The lowest BCUT2D eigenvalue weighted by Gasteiger charge is -2.24. The number of nitrogens with zero attached hydrogens (tertiary/aromatic N) is 2. The zero-order chi connectivity index (χ0) is 21.0. The second kappa shape index (κ2) is 8.36. The molecule has 6 nitrogen and oxygen atoms in total. The van der Waals surface area contributed by atoms with Crippen molar-refractivity contribution in [1.82, 2.24) is 9.99 Å². The number of amides is 1. The molecular formula is C25H21N3O3. The van der Waals surface area contributed by atoms with Gasteiger partial charge in [0.05, 0.1) is 6.21 Å². The van der Waals surface area contributed by atoms with E-state index >= 15 is 0 Å². The van der Waals surface area contributed by atoms with E-state index < -0.39 is 6.10 Å². The zero-order valence-corrected chi connectivity index (χ0v) is 16.8. The molecule has 154 valence electrons. The smallest absolute Gasteiger partial charge is 0.284 e. The lowest BCUT2D eigenvalue weighted by Crippen LogP contribution is -2.42. The number of carbonyl (C=O) groups is 1. The molecule has 1 aliphatic rings. The molecular weight excluding hydrogens is 390 g/mol. The summed E-state index contributed by atoms with van der Waals surface area (Å²) in [4.78, 5) is 12.5. The minimum atomic E-state index is -0.744. The Morgan fingerprint density at radius 3 is 2.61 bits per heavy atom. The second-order valence-corrected chi connectivity index (χ2v) is 7.31. The normalized spacial score (nSPS) is 15.3. The van der Waals surface area contributed by atoms with Crippen LogP contribution in [0.25, 0.3) is 10.9 Å². The van der Waals surface area contributed by atoms with Gasteiger partial charge < -0.3 is 14.0 Å². The number of para-hydroxylation sites is 3. The highest BCUT2D eigenvalue weighted by Crippen LogP contribution is 2.30. The summed E-state index contributed by atoms with van der Waals surface area (Å²) in [6, 6.07) is 25.7. The fraction of sp³-hybridized carbons (Fsp3) is 0.120. The number of hydrogen-bond donors (Lipinski definition) is 1. The van der Waals surface area contributed by atoms with Crippen LogP contribution in [-0.4, -0.2) is 29.4 Å². The third-order valence-electron chi connectivity index (χ3n) is 5.19. The number of benzene rings is 3. The summed E-state index contributed by atoms with van der Waals surface area (Å²) in [7, 11) is 0.